The molecule has 0 atom stereocenters. The van der Waals surface area contributed by atoms with Crippen molar-refractivity contribution in [3.05, 3.63) is 40.5 Å². The Balaban J connectivity index is 2.15. The minimum absolute atomic E-state index is 0.245. The van der Waals surface area contributed by atoms with Gasteiger partial charge in [-0.2, -0.15) is 0 Å². The number of cyclic esters (lactones) is 2. The van der Waals surface area contributed by atoms with Gasteiger partial charge in [0.05, 0.1) is 5.69 Å². The predicted molar refractivity (Wildman–Crippen MR) is 65.0 cm³/mol. The maximum atomic E-state index is 11.6. The minimum Gasteiger partial charge on any atom is -0.419 e. The molecule has 0 spiro atoms. The van der Waals surface area contributed by atoms with Gasteiger partial charge in [0.2, 0.25) is 5.56 Å². The molecule has 1 aromatic rings. The summed E-state index contributed by atoms with van der Waals surface area (Å²) < 4.78 is 9.83. The van der Waals surface area contributed by atoms with Gasteiger partial charge in [-0.05, 0) is 6.07 Å². The summed E-state index contributed by atoms with van der Waals surface area (Å²) >= 11 is 0. The lowest BCUT2D eigenvalue weighted by molar-refractivity contribution is -0.222. The SMILES string of the molecule is CC1(C)OC(=O)C(=CNc2ccc(=O)[nH]c2)C(=O)O1. The van der Waals surface area contributed by atoms with Crippen molar-refractivity contribution in [1.82, 2.24) is 4.98 Å². The molecule has 2 N–H and O–H groups in total. The predicted octanol–water partition coefficient (Wildman–Crippen LogP) is 0.507. The van der Waals surface area contributed by atoms with Crippen LogP contribution in [0.25, 0.3) is 0 Å². The number of ether oxygens (including phenoxy) is 2. The molecule has 1 saturated heterocycles. The van der Waals surface area contributed by atoms with E-state index in [9.17, 15) is 14.4 Å². The smallest absolute Gasteiger partial charge is 0.350 e. The van der Waals surface area contributed by atoms with Crippen LogP contribution >= 0.6 is 0 Å². The van der Waals surface area contributed by atoms with Gasteiger partial charge in [0.25, 0.3) is 5.79 Å². The maximum Gasteiger partial charge on any atom is 0.350 e. The van der Waals surface area contributed by atoms with Crippen LogP contribution in [-0.4, -0.2) is 22.7 Å². The highest BCUT2D eigenvalue weighted by atomic mass is 16.7. The quantitative estimate of drug-likeness (QED) is 0.459. The molecule has 0 bridgehead atoms. The Bertz CT molecular complexity index is 572. The van der Waals surface area contributed by atoms with E-state index in [0.29, 0.717) is 5.69 Å². The average Bonchev–Trinajstić information content (AvgIpc) is 2.29. The molecule has 7 nitrogen and oxygen atoms in total. The Morgan fingerprint density at radius 3 is 2.32 bits per heavy atom. The molecule has 0 aromatic carbocycles. The van der Waals surface area contributed by atoms with Crippen LogP contribution in [0, 0.1) is 0 Å². The van der Waals surface area contributed by atoms with Crippen molar-refractivity contribution in [3.63, 3.8) is 0 Å². The fourth-order valence-corrected chi connectivity index (χ4v) is 1.43. The second kappa shape index (κ2) is 4.60. The van der Waals surface area contributed by atoms with Gasteiger partial charge < -0.3 is 19.8 Å². The number of esters is 2. The number of carbonyl (C=O) groups excluding carboxylic acids is 2. The monoisotopic (exact) mass is 264 g/mol. The lowest BCUT2D eigenvalue weighted by Crippen LogP contribution is -2.42. The van der Waals surface area contributed by atoms with Crippen LogP contribution in [-0.2, 0) is 19.1 Å². The van der Waals surface area contributed by atoms with Crippen LogP contribution in [0.2, 0.25) is 0 Å². The summed E-state index contributed by atoms with van der Waals surface area (Å²) in [6, 6.07) is 2.81. The van der Waals surface area contributed by atoms with Crippen molar-refractivity contribution in [2.24, 2.45) is 0 Å². The maximum absolute atomic E-state index is 11.6. The van der Waals surface area contributed by atoms with Crippen molar-refractivity contribution in [2.75, 3.05) is 5.32 Å². The van der Waals surface area contributed by atoms with Crippen LogP contribution in [0.5, 0.6) is 0 Å². The summed E-state index contributed by atoms with van der Waals surface area (Å²) in [5.74, 6) is -2.79. The zero-order valence-corrected chi connectivity index (χ0v) is 10.4. The van der Waals surface area contributed by atoms with Gasteiger partial charge in [-0.15, -0.1) is 0 Å². The van der Waals surface area contributed by atoms with E-state index >= 15 is 0 Å². The number of carbonyl (C=O) groups is 2. The molecule has 1 fully saturated rings. The molecule has 0 saturated carbocycles. The highest BCUT2D eigenvalue weighted by Gasteiger charge is 2.38. The summed E-state index contributed by atoms with van der Waals surface area (Å²) in [6.07, 6.45) is 2.58. The molecule has 1 aliphatic heterocycles. The van der Waals surface area contributed by atoms with Crippen LogP contribution in [0.4, 0.5) is 5.69 Å². The lowest BCUT2D eigenvalue weighted by atomic mass is 10.2. The molecule has 1 aromatic heterocycles. The minimum atomic E-state index is -1.26. The highest BCUT2D eigenvalue weighted by Crippen LogP contribution is 2.22. The second-order valence-corrected chi connectivity index (χ2v) is 4.32. The number of pyridine rings is 1. The Morgan fingerprint density at radius 2 is 1.79 bits per heavy atom. The van der Waals surface area contributed by atoms with Crippen molar-refractivity contribution in [1.29, 1.82) is 0 Å². The number of hydrogen-bond acceptors (Lipinski definition) is 6. The van der Waals surface area contributed by atoms with E-state index in [-0.39, 0.29) is 11.1 Å². The average molecular weight is 264 g/mol. The molecule has 1 aliphatic rings. The topological polar surface area (TPSA) is 97.5 Å². The molecule has 7 heteroatoms. The van der Waals surface area contributed by atoms with Gasteiger partial charge in [-0.3, -0.25) is 4.79 Å². The molecule has 100 valence electrons. The summed E-state index contributed by atoms with van der Waals surface area (Å²) in [6.45, 7) is 2.93. The van der Waals surface area contributed by atoms with Gasteiger partial charge >= 0.3 is 11.9 Å². The Morgan fingerprint density at radius 1 is 1.16 bits per heavy atom. The number of aromatic amines is 1. The fourth-order valence-electron chi connectivity index (χ4n) is 1.43. The van der Waals surface area contributed by atoms with E-state index < -0.39 is 17.7 Å². The molecule has 2 rings (SSSR count). The third-order valence-electron chi connectivity index (χ3n) is 2.28. The first-order chi connectivity index (χ1) is 8.87. The molecule has 0 amide bonds. The highest BCUT2D eigenvalue weighted by molar-refractivity contribution is 6.15. The number of aromatic nitrogens is 1. The number of hydrogen-bond donors (Lipinski definition) is 2. The number of nitrogens with one attached hydrogen (secondary N) is 2. The zero-order chi connectivity index (χ0) is 14.0. The van der Waals surface area contributed by atoms with Crippen LogP contribution in [0.1, 0.15) is 13.8 Å². The third-order valence-corrected chi connectivity index (χ3v) is 2.28. The summed E-state index contributed by atoms with van der Waals surface area (Å²) in [5, 5.41) is 2.70. The molecular formula is C12H12N2O5. The van der Waals surface area contributed by atoms with Crippen molar-refractivity contribution < 1.29 is 19.1 Å². The summed E-state index contributed by atoms with van der Waals surface area (Å²) in [7, 11) is 0. The first-order valence-corrected chi connectivity index (χ1v) is 5.49. The number of H-pyrrole nitrogens is 1. The molecular weight excluding hydrogens is 252 g/mol. The third kappa shape index (κ3) is 3.01. The lowest BCUT2D eigenvalue weighted by Gasteiger charge is -2.29. The zero-order valence-electron chi connectivity index (χ0n) is 10.4. The van der Waals surface area contributed by atoms with E-state index in [1.807, 2.05) is 0 Å². The first kappa shape index (κ1) is 12.9. The van der Waals surface area contributed by atoms with E-state index in [2.05, 4.69) is 10.3 Å². The van der Waals surface area contributed by atoms with E-state index in [0.717, 1.165) is 0 Å². The van der Waals surface area contributed by atoms with Gasteiger partial charge in [-0.25, -0.2) is 9.59 Å². The van der Waals surface area contributed by atoms with Crippen LogP contribution in [0.3, 0.4) is 0 Å². The number of rotatable bonds is 2. The van der Waals surface area contributed by atoms with E-state index in [1.54, 1.807) is 0 Å². The van der Waals surface area contributed by atoms with Crippen molar-refractivity contribution in [3.8, 4) is 0 Å². The second-order valence-electron chi connectivity index (χ2n) is 4.32. The molecule has 0 radical (unpaired) electrons. The first-order valence-electron chi connectivity index (χ1n) is 5.49. The van der Waals surface area contributed by atoms with Gasteiger partial charge in [-0.1, -0.05) is 0 Å². The standard InChI is InChI=1S/C12H12N2O5/c1-12(2)18-10(16)8(11(17)19-12)6-13-7-3-4-9(15)14-5-7/h3-6,13H,1-2H3,(H,14,15). The van der Waals surface area contributed by atoms with Gasteiger partial charge in [0.1, 0.15) is 0 Å². The number of anilines is 1. The van der Waals surface area contributed by atoms with E-state index in [1.165, 1.54) is 38.4 Å². The fraction of sp³-hybridized carbons (Fsp3) is 0.250. The van der Waals surface area contributed by atoms with E-state index in [4.69, 9.17) is 9.47 Å². The molecule has 0 unspecified atom stereocenters. The van der Waals surface area contributed by atoms with Gasteiger partial charge in [0, 0.05) is 32.3 Å². The van der Waals surface area contributed by atoms with Crippen molar-refractivity contribution in [2.45, 2.75) is 19.6 Å². The Labute approximate surface area is 108 Å². The molecule has 0 aliphatic carbocycles. The Hall–Kier alpha value is -2.57. The summed E-state index contributed by atoms with van der Waals surface area (Å²) in [4.78, 5) is 36.5. The van der Waals surface area contributed by atoms with Crippen LogP contribution in [0.15, 0.2) is 34.9 Å². The normalized spacial score (nSPS) is 17.5. The largest absolute Gasteiger partial charge is 0.419 e. The van der Waals surface area contributed by atoms with Gasteiger partial charge in [0.15, 0.2) is 5.57 Å². The Kier molecular flexibility index (Phi) is 3.12. The van der Waals surface area contributed by atoms with Crippen LogP contribution < -0.4 is 10.9 Å². The summed E-state index contributed by atoms with van der Waals surface area (Å²) in [5.41, 5.74) is 0.0134. The molecule has 19 heavy (non-hydrogen) atoms. The van der Waals surface area contributed by atoms with Crippen molar-refractivity contribution >= 4 is 17.6 Å². The molecule has 2 heterocycles.